The zero-order chi connectivity index (χ0) is 21.0. The number of anilines is 2. The Morgan fingerprint density at radius 2 is 1.74 bits per heavy atom. The lowest BCUT2D eigenvalue weighted by atomic mass is 10.0. The second-order valence-corrected chi connectivity index (χ2v) is 7.07. The molecule has 8 heteroatoms. The molecule has 2 aromatic heterocycles. The second kappa shape index (κ2) is 8.45. The van der Waals surface area contributed by atoms with Gasteiger partial charge < -0.3 is 18.5 Å². The summed E-state index contributed by atoms with van der Waals surface area (Å²) in [5.41, 5.74) is 3.63. The predicted octanol–water partition coefficient (Wildman–Crippen LogP) is 4.09. The molecule has 3 heterocycles. The van der Waals surface area contributed by atoms with Gasteiger partial charge in [0.1, 0.15) is 0 Å². The van der Waals surface area contributed by atoms with Crippen LogP contribution >= 0.6 is 0 Å². The highest BCUT2D eigenvalue weighted by atomic mass is 16.5. The van der Waals surface area contributed by atoms with Gasteiger partial charge in [-0.05, 0) is 47.5 Å². The number of carbonyl (C=O) groups excluding carboxylic acids is 1. The Labute approximate surface area is 178 Å². The Balaban J connectivity index is 1.34. The van der Waals surface area contributed by atoms with Crippen molar-refractivity contribution in [2.24, 2.45) is 0 Å². The van der Waals surface area contributed by atoms with E-state index in [4.69, 9.17) is 13.6 Å². The van der Waals surface area contributed by atoms with Crippen LogP contribution in [0.25, 0.3) is 22.8 Å². The molecule has 1 N–H and O–H groups in total. The van der Waals surface area contributed by atoms with E-state index in [9.17, 15) is 4.79 Å². The molecule has 0 bridgehead atoms. The summed E-state index contributed by atoms with van der Waals surface area (Å²) in [5, 5.41) is 10.4. The van der Waals surface area contributed by atoms with Crippen molar-refractivity contribution < 1.29 is 18.4 Å². The fourth-order valence-corrected chi connectivity index (χ4v) is 3.49. The highest BCUT2D eigenvalue weighted by molar-refractivity contribution is 6.03. The van der Waals surface area contributed by atoms with E-state index < -0.39 is 0 Å². The Bertz CT molecular complexity index is 1180. The molecule has 1 aliphatic heterocycles. The van der Waals surface area contributed by atoms with Gasteiger partial charge >= 0.3 is 6.01 Å². The van der Waals surface area contributed by atoms with Crippen LogP contribution in [0.5, 0.6) is 0 Å². The van der Waals surface area contributed by atoms with Crippen molar-refractivity contribution in [2.45, 2.75) is 0 Å². The largest absolute Gasteiger partial charge is 0.459 e. The van der Waals surface area contributed by atoms with Crippen molar-refractivity contribution in [3.8, 4) is 22.8 Å². The summed E-state index contributed by atoms with van der Waals surface area (Å²) in [4.78, 5) is 15.0. The van der Waals surface area contributed by atoms with Crippen molar-refractivity contribution in [1.82, 2.24) is 10.2 Å². The van der Waals surface area contributed by atoms with Gasteiger partial charge in [-0.1, -0.05) is 29.4 Å². The van der Waals surface area contributed by atoms with Crippen molar-refractivity contribution in [3.63, 3.8) is 0 Å². The van der Waals surface area contributed by atoms with Crippen molar-refractivity contribution in [1.29, 1.82) is 0 Å². The molecule has 0 saturated carbocycles. The van der Waals surface area contributed by atoms with Crippen LogP contribution in [0.15, 0.2) is 75.8 Å². The number of rotatable bonds is 5. The average molecular weight is 416 g/mol. The number of nitrogens with zero attached hydrogens (tertiary/aromatic N) is 3. The molecule has 156 valence electrons. The third-order valence-corrected chi connectivity index (χ3v) is 5.06. The third kappa shape index (κ3) is 4.19. The Hall–Kier alpha value is -3.91. The fourth-order valence-electron chi connectivity index (χ4n) is 3.49. The Kier molecular flexibility index (Phi) is 5.20. The Morgan fingerprint density at radius 1 is 0.935 bits per heavy atom. The minimum atomic E-state index is -0.333. The van der Waals surface area contributed by atoms with E-state index in [0.29, 0.717) is 11.3 Å². The van der Waals surface area contributed by atoms with Crippen molar-refractivity contribution in [2.75, 3.05) is 36.5 Å². The van der Waals surface area contributed by atoms with Gasteiger partial charge in [0.2, 0.25) is 0 Å². The molecule has 0 spiro atoms. The summed E-state index contributed by atoms with van der Waals surface area (Å²) in [6, 6.07) is 19.2. The zero-order valence-corrected chi connectivity index (χ0v) is 16.7. The quantitative estimate of drug-likeness (QED) is 0.524. The lowest BCUT2D eigenvalue weighted by Gasteiger charge is -2.29. The fraction of sp³-hybridized carbons (Fsp3) is 0.174. The summed E-state index contributed by atoms with van der Waals surface area (Å²) >= 11 is 0. The first-order valence-corrected chi connectivity index (χ1v) is 9.98. The van der Waals surface area contributed by atoms with Gasteiger partial charge in [0.25, 0.3) is 11.8 Å². The van der Waals surface area contributed by atoms with Crippen molar-refractivity contribution in [3.05, 3.63) is 72.5 Å². The van der Waals surface area contributed by atoms with Crippen LogP contribution in [0.2, 0.25) is 0 Å². The van der Waals surface area contributed by atoms with Gasteiger partial charge in [-0.3, -0.25) is 10.1 Å². The molecular weight excluding hydrogens is 396 g/mol. The highest BCUT2D eigenvalue weighted by Gasteiger charge is 2.15. The highest BCUT2D eigenvalue weighted by Crippen LogP contribution is 2.26. The van der Waals surface area contributed by atoms with Gasteiger partial charge in [0, 0.05) is 24.3 Å². The maximum Gasteiger partial charge on any atom is 0.322 e. The summed E-state index contributed by atoms with van der Waals surface area (Å²) in [5.74, 6) is 0.310. The number of hydrogen-bond donors (Lipinski definition) is 1. The maximum atomic E-state index is 12.7. The van der Waals surface area contributed by atoms with E-state index in [1.54, 1.807) is 18.2 Å². The molecule has 5 rings (SSSR count). The number of aromatic nitrogens is 2. The number of benzene rings is 2. The van der Waals surface area contributed by atoms with Crippen LogP contribution in [0, 0.1) is 0 Å². The van der Waals surface area contributed by atoms with E-state index in [-0.39, 0.29) is 17.8 Å². The summed E-state index contributed by atoms with van der Waals surface area (Å²) in [6.07, 6.45) is 1.51. The van der Waals surface area contributed by atoms with E-state index in [1.807, 2.05) is 30.3 Å². The smallest absolute Gasteiger partial charge is 0.322 e. The minimum absolute atomic E-state index is 0.0103. The van der Waals surface area contributed by atoms with Crippen LogP contribution in [0.4, 0.5) is 11.7 Å². The van der Waals surface area contributed by atoms with Crippen molar-refractivity contribution >= 4 is 17.6 Å². The number of hydrogen-bond acceptors (Lipinski definition) is 7. The average Bonchev–Trinajstić information content (AvgIpc) is 3.52. The molecule has 1 amide bonds. The summed E-state index contributed by atoms with van der Waals surface area (Å²) in [6.45, 7) is 3.21. The molecule has 31 heavy (non-hydrogen) atoms. The first-order chi connectivity index (χ1) is 15.3. The molecule has 0 atom stereocenters. The molecule has 4 aromatic rings. The van der Waals surface area contributed by atoms with Gasteiger partial charge in [-0.15, -0.1) is 5.10 Å². The Morgan fingerprint density at radius 3 is 2.55 bits per heavy atom. The third-order valence-electron chi connectivity index (χ3n) is 5.06. The van der Waals surface area contributed by atoms with E-state index >= 15 is 0 Å². The van der Waals surface area contributed by atoms with Crippen LogP contribution < -0.4 is 10.2 Å². The molecule has 8 nitrogen and oxygen atoms in total. The molecular formula is C23H20N4O4. The molecule has 1 saturated heterocycles. The second-order valence-electron chi connectivity index (χ2n) is 7.07. The van der Waals surface area contributed by atoms with Crippen LogP contribution in [-0.2, 0) is 4.74 Å². The normalized spacial score (nSPS) is 13.9. The number of furan rings is 1. The number of amides is 1. The number of morpholine rings is 1. The van der Waals surface area contributed by atoms with Gasteiger partial charge in [-0.2, -0.15) is 0 Å². The summed E-state index contributed by atoms with van der Waals surface area (Å²) < 4.78 is 16.1. The number of ether oxygens (including phenoxy) is 1. The maximum absolute atomic E-state index is 12.7. The topological polar surface area (TPSA) is 93.6 Å². The molecule has 0 unspecified atom stereocenters. The number of carbonyl (C=O) groups is 1. The zero-order valence-electron chi connectivity index (χ0n) is 16.7. The van der Waals surface area contributed by atoms with E-state index in [2.05, 4.69) is 32.5 Å². The van der Waals surface area contributed by atoms with E-state index in [1.165, 1.54) is 6.26 Å². The molecule has 2 aromatic carbocycles. The molecule has 0 aliphatic carbocycles. The monoisotopic (exact) mass is 416 g/mol. The molecule has 1 fully saturated rings. The number of nitrogens with one attached hydrogen (secondary N) is 1. The van der Waals surface area contributed by atoms with E-state index in [0.717, 1.165) is 43.1 Å². The first-order valence-electron chi connectivity index (χ1n) is 9.98. The standard InChI is InChI=1S/C23H20N4O4/c28-21(24-23-26-25-22(31-23)20-8-3-11-30-20)18-6-1-4-16(14-18)17-5-2-7-19(15-17)27-9-12-29-13-10-27/h1-8,11,14-15H,9-10,12-13H2,(H,24,26,28). The lowest BCUT2D eigenvalue weighted by molar-refractivity contribution is 0.102. The van der Waals surface area contributed by atoms with Gasteiger partial charge in [0.15, 0.2) is 5.76 Å². The predicted molar refractivity (Wildman–Crippen MR) is 115 cm³/mol. The molecule has 0 radical (unpaired) electrons. The minimum Gasteiger partial charge on any atom is -0.459 e. The SMILES string of the molecule is O=C(Nc1nnc(-c2ccco2)o1)c1cccc(-c2cccc(N3CCOCC3)c2)c1. The van der Waals surface area contributed by atoms with Crippen LogP contribution in [0.3, 0.4) is 0 Å². The van der Waals surface area contributed by atoms with Gasteiger partial charge in [-0.25, -0.2) is 0 Å². The summed E-state index contributed by atoms with van der Waals surface area (Å²) in [7, 11) is 0. The van der Waals surface area contributed by atoms with Gasteiger partial charge in [0.05, 0.1) is 19.5 Å². The lowest BCUT2D eigenvalue weighted by Crippen LogP contribution is -2.36. The van der Waals surface area contributed by atoms with Crippen LogP contribution in [-0.4, -0.2) is 42.4 Å². The van der Waals surface area contributed by atoms with Crippen LogP contribution in [0.1, 0.15) is 10.4 Å². The molecule has 1 aliphatic rings. The first kappa shape index (κ1) is 19.1.